The Bertz CT molecular complexity index is 977. The molecular formula is C17H19F2N5OS. The topological polar surface area (TPSA) is 81.6 Å². The monoisotopic (exact) mass is 379 g/mol. The molecule has 0 saturated carbocycles. The lowest BCUT2D eigenvalue weighted by molar-refractivity contribution is 0.402. The summed E-state index contributed by atoms with van der Waals surface area (Å²) in [5, 5.41) is 7.06. The Kier molecular flexibility index (Phi) is 5.48. The Labute approximate surface area is 152 Å². The molecular weight excluding hydrogens is 360 g/mol. The van der Waals surface area contributed by atoms with Crippen LogP contribution >= 0.6 is 11.3 Å². The van der Waals surface area contributed by atoms with Gasteiger partial charge < -0.3 is 5.73 Å². The predicted molar refractivity (Wildman–Crippen MR) is 97.4 cm³/mol. The van der Waals surface area contributed by atoms with Crippen molar-refractivity contribution < 1.29 is 8.78 Å². The van der Waals surface area contributed by atoms with E-state index in [4.69, 9.17) is 5.73 Å². The molecule has 138 valence electrons. The fourth-order valence-corrected chi connectivity index (χ4v) is 3.72. The van der Waals surface area contributed by atoms with Gasteiger partial charge in [-0.3, -0.25) is 14.2 Å². The lowest BCUT2D eigenvalue weighted by atomic mass is 10.2. The summed E-state index contributed by atoms with van der Waals surface area (Å²) in [5.41, 5.74) is 6.85. The third-order valence-electron chi connectivity index (χ3n) is 4.12. The zero-order valence-corrected chi connectivity index (χ0v) is 15.0. The maximum Gasteiger partial charge on any atom is 0.328 e. The molecule has 0 amide bonds. The lowest BCUT2D eigenvalue weighted by Crippen LogP contribution is -2.26. The summed E-state index contributed by atoms with van der Waals surface area (Å²) in [7, 11) is 0. The van der Waals surface area contributed by atoms with Gasteiger partial charge in [0.15, 0.2) is 0 Å². The van der Waals surface area contributed by atoms with E-state index in [2.05, 4.69) is 17.1 Å². The molecule has 3 aromatic heterocycles. The van der Waals surface area contributed by atoms with Crippen LogP contribution in [0.15, 0.2) is 47.2 Å². The van der Waals surface area contributed by atoms with E-state index in [1.807, 2.05) is 12.1 Å². The van der Waals surface area contributed by atoms with Crippen molar-refractivity contribution >= 4 is 11.3 Å². The SMILES string of the molecule is CCc1[nH]ncc1-c1ccc(Cn2ccn(CC(CN)=C(F)F)c2=O)s1. The molecule has 0 fully saturated rings. The summed E-state index contributed by atoms with van der Waals surface area (Å²) in [5.74, 6) is 0. The number of halogens is 2. The highest BCUT2D eigenvalue weighted by molar-refractivity contribution is 7.15. The summed E-state index contributed by atoms with van der Waals surface area (Å²) in [6.45, 7) is 1.96. The number of imidazole rings is 1. The van der Waals surface area contributed by atoms with E-state index in [1.165, 1.54) is 15.3 Å². The zero-order valence-electron chi connectivity index (χ0n) is 14.2. The summed E-state index contributed by atoms with van der Waals surface area (Å²) in [6.07, 6.45) is 3.92. The zero-order chi connectivity index (χ0) is 18.7. The minimum Gasteiger partial charge on any atom is -0.327 e. The predicted octanol–water partition coefficient (Wildman–Crippen LogP) is 2.82. The van der Waals surface area contributed by atoms with Gasteiger partial charge in [-0.05, 0) is 18.6 Å². The minimum absolute atomic E-state index is 0.199. The first-order chi connectivity index (χ1) is 12.5. The normalized spacial score (nSPS) is 11.1. The Balaban J connectivity index is 1.79. The fourth-order valence-electron chi connectivity index (χ4n) is 2.67. The second-order valence-electron chi connectivity index (χ2n) is 5.79. The van der Waals surface area contributed by atoms with Gasteiger partial charge in [0, 0.05) is 45.5 Å². The molecule has 26 heavy (non-hydrogen) atoms. The van der Waals surface area contributed by atoms with Crippen LogP contribution in [0.1, 0.15) is 17.5 Å². The van der Waals surface area contributed by atoms with Gasteiger partial charge in [0.2, 0.25) is 0 Å². The maximum absolute atomic E-state index is 12.7. The van der Waals surface area contributed by atoms with E-state index in [1.54, 1.807) is 23.7 Å². The van der Waals surface area contributed by atoms with Crippen molar-refractivity contribution in [2.24, 2.45) is 5.73 Å². The first-order valence-electron chi connectivity index (χ1n) is 8.13. The molecule has 0 spiro atoms. The van der Waals surface area contributed by atoms with Gasteiger partial charge in [0.1, 0.15) is 0 Å². The highest BCUT2D eigenvalue weighted by Crippen LogP contribution is 2.30. The van der Waals surface area contributed by atoms with E-state index in [0.717, 1.165) is 27.4 Å². The van der Waals surface area contributed by atoms with Gasteiger partial charge in [0.25, 0.3) is 6.08 Å². The van der Waals surface area contributed by atoms with Gasteiger partial charge in [0.05, 0.1) is 19.3 Å². The average Bonchev–Trinajstić information content (AvgIpc) is 3.34. The lowest BCUT2D eigenvalue weighted by Gasteiger charge is -2.04. The maximum atomic E-state index is 12.7. The van der Waals surface area contributed by atoms with Gasteiger partial charge in [-0.1, -0.05) is 6.92 Å². The molecule has 0 radical (unpaired) electrons. The number of thiophene rings is 1. The molecule has 3 aromatic rings. The Hall–Kier alpha value is -2.52. The smallest absolute Gasteiger partial charge is 0.327 e. The van der Waals surface area contributed by atoms with E-state index in [-0.39, 0.29) is 24.4 Å². The van der Waals surface area contributed by atoms with E-state index < -0.39 is 6.08 Å². The molecule has 0 aliphatic carbocycles. The van der Waals surface area contributed by atoms with Crippen LogP contribution in [0.4, 0.5) is 8.78 Å². The van der Waals surface area contributed by atoms with E-state index in [9.17, 15) is 13.6 Å². The van der Waals surface area contributed by atoms with Crippen molar-refractivity contribution in [2.45, 2.75) is 26.4 Å². The largest absolute Gasteiger partial charge is 0.328 e. The first kappa shape index (κ1) is 18.3. The molecule has 3 rings (SSSR count). The standard InChI is InChI=1S/C17H19F2N5OS/c1-2-14-13(8-21-22-14)15-4-3-12(26-15)10-24-6-5-23(17(24)25)9-11(7-20)16(18)19/h3-6,8H,2,7,9-10,20H2,1H3,(H,21,22). The molecule has 3 N–H and O–H groups in total. The summed E-state index contributed by atoms with van der Waals surface area (Å²) >= 11 is 1.58. The van der Waals surface area contributed by atoms with Crippen molar-refractivity contribution in [3.63, 3.8) is 0 Å². The van der Waals surface area contributed by atoms with Crippen LogP contribution in [0.3, 0.4) is 0 Å². The van der Waals surface area contributed by atoms with Crippen LogP contribution < -0.4 is 11.4 Å². The van der Waals surface area contributed by atoms with Crippen LogP contribution in [0.2, 0.25) is 0 Å². The van der Waals surface area contributed by atoms with E-state index >= 15 is 0 Å². The minimum atomic E-state index is -1.83. The number of hydrogen-bond donors (Lipinski definition) is 2. The second-order valence-corrected chi connectivity index (χ2v) is 6.95. The second kappa shape index (κ2) is 7.79. The van der Waals surface area contributed by atoms with Crippen LogP contribution in [-0.2, 0) is 19.5 Å². The quantitative estimate of drug-likeness (QED) is 0.662. The number of aryl methyl sites for hydroxylation is 1. The third kappa shape index (κ3) is 3.68. The highest BCUT2D eigenvalue weighted by Gasteiger charge is 2.12. The number of nitrogens with one attached hydrogen (secondary N) is 1. The molecule has 0 atom stereocenters. The van der Waals surface area contributed by atoms with Crippen molar-refractivity contribution in [3.05, 3.63) is 63.4 Å². The molecule has 3 heterocycles. The number of nitrogens with zero attached hydrogens (tertiary/aromatic N) is 3. The number of H-pyrrole nitrogens is 1. The summed E-state index contributed by atoms with van der Waals surface area (Å²) < 4.78 is 28.2. The van der Waals surface area contributed by atoms with Crippen LogP contribution in [-0.4, -0.2) is 25.9 Å². The first-order valence-corrected chi connectivity index (χ1v) is 8.95. The van der Waals surface area contributed by atoms with Crippen LogP contribution in [0.25, 0.3) is 10.4 Å². The Morgan fingerprint density at radius 3 is 2.77 bits per heavy atom. The van der Waals surface area contributed by atoms with Gasteiger partial charge >= 0.3 is 5.69 Å². The molecule has 6 nitrogen and oxygen atoms in total. The molecule has 9 heteroatoms. The number of rotatable bonds is 7. The molecule has 0 aromatic carbocycles. The number of nitrogens with two attached hydrogens (primary N) is 1. The van der Waals surface area contributed by atoms with Crippen LogP contribution in [0, 0.1) is 0 Å². The van der Waals surface area contributed by atoms with Gasteiger partial charge in [-0.25, -0.2) is 4.79 Å². The van der Waals surface area contributed by atoms with Crippen molar-refractivity contribution in [1.29, 1.82) is 0 Å². The third-order valence-corrected chi connectivity index (χ3v) is 5.22. The Morgan fingerprint density at radius 2 is 2.08 bits per heavy atom. The van der Waals surface area contributed by atoms with Crippen molar-refractivity contribution in [1.82, 2.24) is 19.3 Å². The van der Waals surface area contributed by atoms with Gasteiger partial charge in [-0.15, -0.1) is 11.3 Å². The highest BCUT2D eigenvalue weighted by atomic mass is 32.1. The number of hydrogen-bond acceptors (Lipinski definition) is 4. The van der Waals surface area contributed by atoms with Crippen molar-refractivity contribution in [2.75, 3.05) is 6.54 Å². The van der Waals surface area contributed by atoms with Gasteiger partial charge in [-0.2, -0.15) is 13.9 Å². The number of aromatic amines is 1. The summed E-state index contributed by atoms with van der Waals surface area (Å²) in [4.78, 5) is 14.5. The molecule has 0 unspecified atom stereocenters. The van der Waals surface area contributed by atoms with Crippen molar-refractivity contribution in [3.8, 4) is 10.4 Å². The molecule has 0 saturated heterocycles. The fraction of sp³-hybridized carbons (Fsp3) is 0.294. The number of aromatic nitrogens is 4. The average molecular weight is 379 g/mol. The summed E-state index contributed by atoms with van der Waals surface area (Å²) in [6, 6.07) is 3.96. The molecule has 0 aliphatic rings. The molecule has 0 bridgehead atoms. The van der Waals surface area contributed by atoms with Crippen LogP contribution in [0.5, 0.6) is 0 Å². The Morgan fingerprint density at radius 1 is 1.31 bits per heavy atom. The molecule has 0 aliphatic heterocycles. The van der Waals surface area contributed by atoms with E-state index in [0.29, 0.717) is 6.54 Å².